The third-order valence-electron chi connectivity index (χ3n) is 7.81. The number of phosphoric ester groups is 1. The number of aliphatic hydroxyl groups is 2. The Hall–Kier alpha value is -2.07. The number of aliphatic hydroxyl groups excluding tert-OH is 2. The van der Waals surface area contributed by atoms with Gasteiger partial charge in [-0.2, -0.15) is 0 Å². The Bertz CT molecular complexity index is 972. The van der Waals surface area contributed by atoms with E-state index in [0.29, 0.717) is 25.7 Å². The van der Waals surface area contributed by atoms with Gasteiger partial charge in [-0.05, 0) is 32.1 Å². The standard InChI is InChI=1S/C38H67O10P/c1-3-5-7-8-9-10-11-12-13-17-20-24-30-38(42)48-36(33-47-49(43,44)45)32-46-37(41)31-25-29-35(40)28-23-19-16-14-15-18-22-27-34(39)26-21-6-4-2/h15-16,18-19,22-23,27-28,34-36,39-40H,3-14,17,20-21,24-26,29-33H2,1-2H3,(H2,43,44,45)/b18-15-,19-16-,27-22+,28-23+/t34-,35-,36+/m0/s1. The van der Waals surface area contributed by atoms with Crippen LogP contribution in [0.3, 0.4) is 0 Å². The lowest BCUT2D eigenvalue weighted by Gasteiger charge is -2.18. The van der Waals surface area contributed by atoms with E-state index in [-0.39, 0.29) is 19.4 Å². The topological polar surface area (TPSA) is 160 Å². The van der Waals surface area contributed by atoms with Gasteiger partial charge in [0, 0.05) is 12.8 Å². The molecule has 0 amide bonds. The van der Waals surface area contributed by atoms with Crippen LogP contribution in [-0.4, -0.2) is 63.5 Å². The van der Waals surface area contributed by atoms with Crippen LogP contribution in [0.4, 0.5) is 0 Å². The number of esters is 2. The molecule has 0 aromatic rings. The monoisotopic (exact) mass is 714 g/mol. The summed E-state index contributed by atoms with van der Waals surface area (Å²) >= 11 is 0. The summed E-state index contributed by atoms with van der Waals surface area (Å²) in [5.74, 6) is -1.11. The smallest absolute Gasteiger partial charge is 0.462 e. The minimum atomic E-state index is -4.80. The van der Waals surface area contributed by atoms with E-state index < -0.39 is 44.7 Å². The summed E-state index contributed by atoms with van der Waals surface area (Å²) in [6, 6.07) is 0. The number of hydrogen-bond donors (Lipinski definition) is 4. The third kappa shape index (κ3) is 35.6. The van der Waals surface area contributed by atoms with Gasteiger partial charge in [0.1, 0.15) is 6.61 Å². The van der Waals surface area contributed by atoms with Crippen molar-refractivity contribution in [1.82, 2.24) is 0 Å². The molecule has 0 heterocycles. The van der Waals surface area contributed by atoms with Crippen LogP contribution in [-0.2, 0) is 28.2 Å². The van der Waals surface area contributed by atoms with Crippen molar-refractivity contribution in [3.63, 3.8) is 0 Å². The Labute approximate surface area is 296 Å². The summed E-state index contributed by atoms with van der Waals surface area (Å²) < 4.78 is 26.1. The summed E-state index contributed by atoms with van der Waals surface area (Å²) in [6.07, 6.45) is 31.9. The summed E-state index contributed by atoms with van der Waals surface area (Å²) in [6.45, 7) is 3.36. The zero-order chi connectivity index (χ0) is 36.4. The van der Waals surface area contributed by atoms with E-state index >= 15 is 0 Å². The van der Waals surface area contributed by atoms with Gasteiger partial charge in [0.15, 0.2) is 6.10 Å². The molecule has 0 unspecified atom stereocenters. The molecule has 0 saturated heterocycles. The summed E-state index contributed by atoms with van der Waals surface area (Å²) in [7, 11) is -4.80. The normalized spacial score (nSPS) is 14.3. The number of carbonyl (C=O) groups is 2. The van der Waals surface area contributed by atoms with Gasteiger partial charge in [0.05, 0.1) is 18.8 Å². The molecule has 0 aromatic carbocycles. The predicted molar refractivity (Wildman–Crippen MR) is 196 cm³/mol. The lowest BCUT2D eigenvalue weighted by atomic mass is 10.0. The number of hydrogen-bond acceptors (Lipinski definition) is 8. The Kier molecular flexibility index (Phi) is 31.7. The van der Waals surface area contributed by atoms with Crippen LogP contribution in [0, 0.1) is 0 Å². The highest BCUT2D eigenvalue weighted by atomic mass is 31.2. The first-order valence-electron chi connectivity index (χ1n) is 18.6. The fourth-order valence-electron chi connectivity index (χ4n) is 4.94. The lowest BCUT2D eigenvalue weighted by molar-refractivity contribution is -0.161. The van der Waals surface area contributed by atoms with E-state index in [9.17, 15) is 24.4 Å². The lowest BCUT2D eigenvalue weighted by Crippen LogP contribution is -2.29. The predicted octanol–water partition coefficient (Wildman–Crippen LogP) is 8.73. The highest BCUT2D eigenvalue weighted by Gasteiger charge is 2.23. The molecule has 10 nitrogen and oxygen atoms in total. The second kappa shape index (κ2) is 33.1. The largest absolute Gasteiger partial charge is 0.469 e. The van der Waals surface area contributed by atoms with Gasteiger partial charge in [-0.1, -0.05) is 152 Å². The summed E-state index contributed by atoms with van der Waals surface area (Å²) in [5, 5.41) is 20.0. The molecule has 49 heavy (non-hydrogen) atoms. The maximum absolute atomic E-state index is 12.3. The van der Waals surface area contributed by atoms with Crippen molar-refractivity contribution in [1.29, 1.82) is 0 Å². The molecule has 0 aliphatic rings. The average molecular weight is 715 g/mol. The molecule has 3 atom stereocenters. The molecule has 0 radical (unpaired) electrons. The van der Waals surface area contributed by atoms with Gasteiger partial charge in [0.2, 0.25) is 0 Å². The quantitative estimate of drug-likeness (QED) is 0.0224. The average Bonchev–Trinajstić information content (AvgIpc) is 3.05. The second-order valence-electron chi connectivity index (χ2n) is 12.6. The van der Waals surface area contributed by atoms with Crippen LogP contribution < -0.4 is 0 Å². The number of rotatable bonds is 33. The third-order valence-corrected chi connectivity index (χ3v) is 8.29. The van der Waals surface area contributed by atoms with Crippen molar-refractivity contribution >= 4 is 19.8 Å². The first-order chi connectivity index (χ1) is 23.6. The van der Waals surface area contributed by atoms with Gasteiger partial charge in [-0.15, -0.1) is 0 Å². The fourth-order valence-corrected chi connectivity index (χ4v) is 5.30. The van der Waals surface area contributed by atoms with Gasteiger partial charge >= 0.3 is 19.8 Å². The molecule has 0 rings (SSSR count). The van der Waals surface area contributed by atoms with Crippen molar-refractivity contribution in [2.45, 2.75) is 167 Å². The van der Waals surface area contributed by atoms with Crippen LogP contribution in [0.15, 0.2) is 48.6 Å². The molecule has 0 aliphatic carbocycles. The van der Waals surface area contributed by atoms with Crippen LogP contribution in [0.5, 0.6) is 0 Å². The molecule has 0 spiro atoms. The number of ether oxygens (including phenoxy) is 2. The van der Waals surface area contributed by atoms with E-state index in [4.69, 9.17) is 19.3 Å². The van der Waals surface area contributed by atoms with Crippen molar-refractivity contribution < 1.29 is 48.2 Å². The van der Waals surface area contributed by atoms with Crippen molar-refractivity contribution in [2.24, 2.45) is 0 Å². The minimum Gasteiger partial charge on any atom is -0.462 e. The van der Waals surface area contributed by atoms with Crippen LogP contribution in [0.2, 0.25) is 0 Å². The molecule has 11 heteroatoms. The maximum atomic E-state index is 12.3. The molecule has 0 saturated carbocycles. The van der Waals surface area contributed by atoms with Gasteiger partial charge in [0.25, 0.3) is 0 Å². The number of phosphoric acid groups is 1. The molecule has 0 aromatic heterocycles. The van der Waals surface area contributed by atoms with Crippen LogP contribution >= 0.6 is 7.82 Å². The van der Waals surface area contributed by atoms with Crippen molar-refractivity contribution in [3.8, 4) is 0 Å². The van der Waals surface area contributed by atoms with Gasteiger partial charge in [-0.25, -0.2) is 4.57 Å². The zero-order valence-electron chi connectivity index (χ0n) is 30.3. The number of allylic oxidation sites excluding steroid dienone is 6. The fraction of sp³-hybridized carbons (Fsp3) is 0.737. The van der Waals surface area contributed by atoms with Crippen LogP contribution in [0.1, 0.15) is 149 Å². The molecule has 0 bridgehead atoms. The zero-order valence-corrected chi connectivity index (χ0v) is 31.2. The van der Waals surface area contributed by atoms with E-state index in [2.05, 4.69) is 18.4 Å². The van der Waals surface area contributed by atoms with Gasteiger partial charge in [-0.3, -0.25) is 14.1 Å². The second-order valence-corrected chi connectivity index (χ2v) is 13.8. The molecule has 284 valence electrons. The van der Waals surface area contributed by atoms with E-state index in [1.54, 1.807) is 18.2 Å². The number of carbonyl (C=O) groups excluding carboxylic acids is 2. The Morgan fingerprint density at radius 1 is 0.612 bits per heavy atom. The number of unbranched alkanes of at least 4 members (excludes halogenated alkanes) is 13. The van der Waals surface area contributed by atoms with E-state index in [1.165, 1.54) is 51.4 Å². The summed E-state index contributed by atoms with van der Waals surface area (Å²) in [4.78, 5) is 42.6. The first kappa shape index (κ1) is 46.9. The molecular formula is C38H67O10P. The minimum absolute atomic E-state index is 0.0191. The Morgan fingerprint density at radius 3 is 1.61 bits per heavy atom. The van der Waals surface area contributed by atoms with Crippen molar-refractivity contribution in [3.05, 3.63) is 48.6 Å². The van der Waals surface area contributed by atoms with E-state index in [0.717, 1.165) is 44.9 Å². The summed E-state index contributed by atoms with van der Waals surface area (Å²) in [5.41, 5.74) is 0. The van der Waals surface area contributed by atoms with E-state index in [1.807, 2.05) is 30.4 Å². The first-order valence-corrected chi connectivity index (χ1v) is 20.2. The SMILES string of the molecule is CCCCCCCCCCCCCCC(=O)O[C@H](COC(=O)CCC[C@@H](O)/C=C/C=C\C/C=C\C=C\[C@@H](O)CCCCC)COP(=O)(O)O. The van der Waals surface area contributed by atoms with Gasteiger partial charge < -0.3 is 29.5 Å². The molecule has 4 N–H and O–H groups in total. The maximum Gasteiger partial charge on any atom is 0.469 e. The van der Waals surface area contributed by atoms with Crippen molar-refractivity contribution in [2.75, 3.05) is 13.2 Å². The Morgan fingerprint density at radius 2 is 1.08 bits per heavy atom. The molecule has 0 aliphatic heterocycles. The Balaban J connectivity index is 4.24. The highest BCUT2D eigenvalue weighted by molar-refractivity contribution is 7.46. The van der Waals surface area contributed by atoms with Crippen LogP contribution in [0.25, 0.3) is 0 Å². The highest BCUT2D eigenvalue weighted by Crippen LogP contribution is 2.36. The molecular weight excluding hydrogens is 647 g/mol. The molecule has 0 fully saturated rings.